The Bertz CT molecular complexity index is 257. The first kappa shape index (κ1) is 28.5. The second-order valence-electron chi connectivity index (χ2n) is 8.69. The topological polar surface area (TPSA) is 0 Å². The van der Waals surface area contributed by atoms with Crippen LogP contribution in [0.25, 0.3) is 0 Å². The molecular formula is C24H52ClN. The molecule has 0 rings (SSSR count). The van der Waals surface area contributed by atoms with Crippen molar-refractivity contribution >= 4 is 0 Å². The second kappa shape index (κ2) is 21.5. The van der Waals surface area contributed by atoms with Gasteiger partial charge < -0.3 is 16.9 Å². The summed E-state index contributed by atoms with van der Waals surface area (Å²) in [5.74, 6) is 0. The maximum Gasteiger partial charge on any atom is 0.0784 e. The minimum atomic E-state index is 0. The molecule has 0 aromatic rings. The van der Waals surface area contributed by atoms with Crippen LogP contribution in [0.1, 0.15) is 130 Å². The van der Waals surface area contributed by atoms with Crippen molar-refractivity contribution in [2.24, 2.45) is 0 Å². The Morgan fingerprint density at radius 3 is 0.962 bits per heavy atom. The number of hydrogen-bond acceptors (Lipinski definition) is 0. The summed E-state index contributed by atoms with van der Waals surface area (Å²) >= 11 is 0. The van der Waals surface area contributed by atoms with Gasteiger partial charge in [0, 0.05) is 0 Å². The molecule has 0 aromatic carbocycles. The summed E-state index contributed by atoms with van der Waals surface area (Å²) in [5.41, 5.74) is 0. The first-order chi connectivity index (χ1) is 12.2. The fourth-order valence-corrected chi connectivity index (χ4v) is 3.86. The second-order valence-corrected chi connectivity index (χ2v) is 8.69. The third kappa shape index (κ3) is 19.0. The molecule has 0 spiro atoms. The summed E-state index contributed by atoms with van der Waals surface area (Å²) < 4.78 is 1.31. The predicted octanol–water partition coefficient (Wildman–Crippen LogP) is 5.13. The van der Waals surface area contributed by atoms with Crippen molar-refractivity contribution in [3.8, 4) is 0 Å². The van der Waals surface area contributed by atoms with E-state index in [1.54, 1.807) is 0 Å². The number of quaternary nitrogens is 1. The number of nitrogens with zero attached hydrogens (tertiary/aromatic N) is 1. The lowest BCUT2D eigenvalue weighted by Crippen LogP contribution is -3.00. The quantitative estimate of drug-likeness (QED) is 0.200. The van der Waals surface area contributed by atoms with E-state index < -0.39 is 0 Å². The summed E-state index contributed by atoms with van der Waals surface area (Å²) in [6.45, 7) is 11.1. The van der Waals surface area contributed by atoms with Gasteiger partial charge in [-0.3, -0.25) is 0 Å². The standard InChI is InChI=1S/C24H52N.ClH/c1-5-8-10-12-14-16-18-20-22-24-25(4,7-3)23-21-19-17-15-13-11-9-6-2;/h5-24H2,1-4H3;1H/q+1;/p-1. The lowest BCUT2D eigenvalue weighted by molar-refractivity contribution is -0.908. The molecular weight excluding hydrogens is 338 g/mol. The monoisotopic (exact) mass is 389 g/mol. The van der Waals surface area contributed by atoms with Crippen LogP contribution in [0.15, 0.2) is 0 Å². The molecule has 0 aliphatic carbocycles. The van der Waals surface area contributed by atoms with Crippen LogP contribution in [0.5, 0.6) is 0 Å². The molecule has 0 bridgehead atoms. The molecule has 0 aliphatic heterocycles. The van der Waals surface area contributed by atoms with E-state index in [0.717, 1.165) is 0 Å². The van der Waals surface area contributed by atoms with Crippen molar-refractivity contribution < 1.29 is 16.9 Å². The van der Waals surface area contributed by atoms with Crippen molar-refractivity contribution in [2.75, 3.05) is 26.7 Å². The molecule has 1 atom stereocenters. The maximum absolute atomic E-state index is 2.49. The van der Waals surface area contributed by atoms with E-state index in [-0.39, 0.29) is 12.4 Å². The molecule has 0 radical (unpaired) electrons. The minimum Gasteiger partial charge on any atom is -1.00 e. The van der Waals surface area contributed by atoms with E-state index in [4.69, 9.17) is 0 Å². The number of halogens is 1. The Morgan fingerprint density at radius 1 is 0.423 bits per heavy atom. The van der Waals surface area contributed by atoms with Gasteiger partial charge >= 0.3 is 0 Å². The first-order valence-electron chi connectivity index (χ1n) is 12.0. The van der Waals surface area contributed by atoms with Crippen LogP contribution in [-0.4, -0.2) is 31.2 Å². The summed E-state index contributed by atoms with van der Waals surface area (Å²) in [6, 6.07) is 0. The highest BCUT2D eigenvalue weighted by atomic mass is 35.5. The maximum atomic E-state index is 2.49. The van der Waals surface area contributed by atoms with E-state index in [2.05, 4.69) is 27.8 Å². The van der Waals surface area contributed by atoms with Crippen LogP contribution in [-0.2, 0) is 0 Å². The van der Waals surface area contributed by atoms with E-state index in [0.29, 0.717) is 0 Å². The van der Waals surface area contributed by atoms with Crippen LogP contribution in [0.2, 0.25) is 0 Å². The van der Waals surface area contributed by atoms with Gasteiger partial charge in [-0.1, -0.05) is 97.3 Å². The zero-order chi connectivity index (χ0) is 18.6. The van der Waals surface area contributed by atoms with Gasteiger partial charge in [0.05, 0.1) is 26.7 Å². The van der Waals surface area contributed by atoms with Crippen molar-refractivity contribution in [3.05, 3.63) is 0 Å². The molecule has 0 saturated carbocycles. The summed E-state index contributed by atoms with van der Waals surface area (Å²) in [4.78, 5) is 0. The Morgan fingerprint density at radius 2 is 0.692 bits per heavy atom. The van der Waals surface area contributed by atoms with Crippen molar-refractivity contribution in [1.29, 1.82) is 0 Å². The van der Waals surface area contributed by atoms with Gasteiger partial charge in [-0.05, 0) is 32.6 Å². The molecule has 0 fully saturated rings. The largest absolute Gasteiger partial charge is 1.00 e. The normalized spacial score (nSPS) is 13.4. The van der Waals surface area contributed by atoms with Gasteiger partial charge in [-0.25, -0.2) is 0 Å². The zero-order valence-corrected chi connectivity index (χ0v) is 19.7. The average molecular weight is 390 g/mol. The van der Waals surface area contributed by atoms with Gasteiger partial charge in [0.25, 0.3) is 0 Å². The third-order valence-electron chi connectivity index (χ3n) is 6.12. The van der Waals surface area contributed by atoms with Crippen molar-refractivity contribution in [1.82, 2.24) is 0 Å². The summed E-state index contributed by atoms with van der Waals surface area (Å²) in [7, 11) is 2.49. The Hall–Kier alpha value is 0.250. The minimum absolute atomic E-state index is 0. The fourth-order valence-electron chi connectivity index (χ4n) is 3.86. The number of unbranched alkanes of at least 4 members (excludes halogenated alkanes) is 15. The predicted molar refractivity (Wildman–Crippen MR) is 116 cm³/mol. The molecule has 0 saturated heterocycles. The highest BCUT2D eigenvalue weighted by molar-refractivity contribution is 4.49. The van der Waals surface area contributed by atoms with Gasteiger partial charge in [-0.2, -0.15) is 0 Å². The van der Waals surface area contributed by atoms with Crippen molar-refractivity contribution in [2.45, 2.75) is 130 Å². The Balaban J connectivity index is 0. The molecule has 1 unspecified atom stereocenters. The van der Waals surface area contributed by atoms with E-state index in [1.165, 1.54) is 133 Å². The molecule has 0 N–H and O–H groups in total. The molecule has 0 heterocycles. The van der Waals surface area contributed by atoms with Crippen LogP contribution in [0.3, 0.4) is 0 Å². The lowest BCUT2D eigenvalue weighted by atomic mass is 10.1. The average Bonchev–Trinajstić information content (AvgIpc) is 2.62. The fraction of sp³-hybridized carbons (Fsp3) is 1.00. The van der Waals surface area contributed by atoms with Crippen LogP contribution in [0.4, 0.5) is 0 Å². The first-order valence-corrected chi connectivity index (χ1v) is 12.0. The van der Waals surface area contributed by atoms with Crippen LogP contribution in [0, 0.1) is 0 Å². The summed E-state index contributed by atoms with van der Waals surface area (Å²) in [6.07, 6.45) is 24.6. The molecule has 0 aromatic heterocycles. The van der Waals surface area contributed by atoms with Crippen molar-refractivity contribution in [3.63, 3.8) is 0 Å². The Labute approximate surface area is 173 Å². The molecule has 2 heteroatoms. The van der Waals surface area contributed by atoms with E-state index in [9.17, 15) is 0 Å². The van der Waals surface area contributed by atoms with E-state index >= 15 is 0 Å². The lowest BCUT2D eigenvalue weighted by Gasteiger charge is -2.33. The van der Waals surface area contributed by atoms with Gasteiger partial charge in [0.1, 0.15) is 0 Å². The van der Waals surface area contributed by atoms with Crippen LogP contribution >= 0.6 is 0 Å². The number of rotatable bonds is 20. The van der Waals surface area contributed by atoms with Gasteiger partial charge in [-0.15, -0.1) is 0 Å². The Kier molecular flexibility index (Phi) is 23.6. The zero-order valence-electron chi connectivity index (χ0n) is 19.0. The molecule has 0 aliphatic rings. The molecule has 0 amide bonds. The number of hydrogen-bond donors (Lipinski definition) is 0. The van der Waals surface area contributed by atoms with Gasteiger partial charge in [0.15, 0.2) is 0 Å². The smallest absolute Gasteiger partial charge is 0.0784 e. The summed E-state index contributed by atoms with van der Waals surface area (Å²) in [5, 5.41) is 0. The SMILES string of the molecule is CCCCCCCCCCC[N+](C)(CC)CCCCCCCCCC.[Cl-]. The van der Waals surface area contributed by atoms with Crippen LogP contribution < -0.4 is 12.4 Å². The molecule has 1 nitrogen and oxygen atoms in total. The molecule has 26 heavy (non-hydrogen) atoms. The third-order valence-corrected chi connectivity index (χ3v) is 6.12. The highest BCUT2D eigenvalue weighted by Crippen LogP contribution is 2.14. The van der Waals surface area contributed by atoms with Gasteiger partial charge in [0.2, 0.25) is 0 Å². The molecule has 160 valence electrons. The highest BCUT2D eigenvalue weighted by Gasteiger charge is 2.17. The van der Waals surface area contributed by atoms with E-state index in [1.807, 2.05) is 0 Å².